The highest BCUT2D eigenvalue weighted by molar-refractivity contribution is 9.10. The van der Waals surface area contributed by atoms with Crippen molar-refractivity contribution < 1.29 is 0 Å². The fourth-order valence-electron chi connectivity index (χ4n) is 1.30. The molecule has 0 atom stereocenters. The monoisotopic (exact) mass is 268 g/mol. The second kappa shape index (κ2) is 3.71. The Balaban J connectivity index is 2.58. The summed E-state index contributed by atoms with van der Waals surface area (Å²) in [6.07, 6.45) is 1.69. The summed E-state index contributed by atoms with van der Waals surface area (Å²) in [4.78, 5) is 5.49. The second-order valence-corrected chi connectivity index (χ2v) is 4.80. The number of thiophene rings is 1. The third kappa shape index (κ3) is 1.67. The molecule has 0 aliphatic carbocycles. The highest BCUT2D eigenvalue weighted by Gasteiger charge is 2.08. The van der Waals surface area contributed by atoms with Gasteiger partial charge in [-0.3, -0.25) is 4.98 Å². The van der Waals surface area contributed by atoms with E-state index in [1.54, 1.807) is 17.5 Å². The van der Waals surface area contributed by atoms with Gasteiger partial charge in [0.15, 0.2) is 0 Å². The first-order chi connectivity index (χ1) is 6.68. The van der Waals surface area contributed by atoms with Crippen LogP contribution in [0.4, 0.5) is 5.69 Å². The summed E-state index contributed by atoms with van der Waals surface area (Å²) in [6, 6.07) is 3.96. The number of pyridine rings is 1. The third-order valence-electron chi connectivity index (χ3n) is 1.93. The number of halogens is 1. The van der Waals surface area contributed by atoms with E-state index in [4.69, 9.17) is 5.73 Å². The van der Waals surface area contributed by atoms with Gasteiger partial charge in [-0.15, -0.1) is 11.3 Å². The van der Waals surface area contributed by atoms with Gasteiger partial charge in [0, 0.05) is 4.47 Å². The smallest absolute Gasteiger partial charge is 0.0843 e. The predicted octanol–water partition coefficient (Wildman–Crippen LogP) is 3.46. The van der Waals surface area contributed by atoms with E-state index in [2.05, 4.69) is 20.9 Å². The van der Waals surface area contributed by atoms with Crippen LogP contribution in [0.3, 0.4) is 0 Å². The molecule has 0 saturated heterocycles. The molecular weight excluding hydrogens is 260 g/mol. The molecule has 2 aromatic heterocycles. The number of nitrogens with two attached hydrogens (primary N) is 1. The minimum Gasteiger partial charge on any atom is -0.397 e. The number of nitrogens with zero attached hydrogens (tertiary/aromatic N) is 1. The van der Waals surface area contributed by atoms with E-state index >= 15 is 0 Å². The van der Waals surface area contributed by atoms with E-state index in [-0.39, 0.29) is 0 Å². The van der Waals surface area contributed by atoms with E-state index in [9.17, 15) is 0 Å². The first-order valence-corrected chi connectivity index (χ1v) is 5.81. The van der Waals surface area contributed by atoms with Crippen LogP contribution in [-0.2, 0) is 0 Å². The fraction of sp³-hybridized carbons (Fsp3) is 0.100. The quantitative estimate of drug-likeness (QED) is 0.861. The fourth-order valence-corrected chi connectivity index (χ4v) is 2.92. The number of hydrogen-bond acceptors (Lipinski definition) is 3. The van der Waals surface area contributed by atoms with Crippen molar-refractivity contribution in [3.63, 3.8) is 0 Å². The Morgan fingerprint density at radius 3 is 2.86 bits per heavy atom. The molecule has 2 rings (SSSR count). The molecule has 0 aromatic carbocycles. The van der Waals surface area contributed by atoms with Crippen LogP contribution in [0.1, 0.15) is 5.56 Å². The number of anilines is 1. The van der Waals surface area contributed by atoms with Gasteiger partial charge < -0.3 is 5.73 Å². The van der Waals surface area contributed by atoms with E-state index in [1.807, 2.05) is 24.4 Å². The molecule has 0 aliphatic rings. The summed E-state index contributed by atoms with van der Waals surface area (Å²) in [5.41, 5.74) is 8.46. The Kier molecular flexibility index (Phi) is 2.56. The maximum Gasteiger partial charge on any atom is 0.0843 e. The molecule has 2 nitrogen and oxygen atoms in total. The van der Waals surface area contributed by atoms with Gasteiger partial charge in [-0.2, -0.15) is 0 Å². The van der Waals surface area contributed by atoms with Crippen molar-refractivity contribution in [2.75, 3.05) is 5.73 Å². The van der Waals surface area contributed by atoms with Gasteiger partial charge >= 0.3 is 0 Å². The molecular formula is C10H9BrN2S. The number of aryl methyl sites for hydroxylation is 1. The Hall–Kier alpha value is -0.870. The Morgan fingerprint density at radius 1 is 1.50 bits per heavy atom. The molecule has 0 bridgehead atoms. The van der Waals surface area contributed by atoms with Gasteiger partial charge in [-0.1, -0.05) is 0 Å². The molecule has 0 spiro atoms. The van der Waals surface area contributed by atoms with Crippen LogP contribution < -0.4 is 5.73 Å². The molecule has 2 heterocycles. The maximum atomic E-state index is 5.65. The van der Waals surface area contributed by atoms with Crippen molar-refractivity contribution in [2.45, 2.75) is 6.92 Å². The van der Waals surface area contributed by atoms with Gasteiger partial charge in [0.25, 0.3) is 0 Å². The predicted molar refractivity (Wildman–Crippen MR) is 64.4 cm³/mol. The highest BCUT2D eigenvalue weighted by atomic mass is 79.9. The van der Waals surface area contributed by atoms with Crippen LogP contribution in [0.5, 0.6) is 0 Å². The summed E-state index contributed by atoms with van der Waals surface area (Å²) in [6.45, 7) is 2.02. The van der Waals surface area contributed by atoms with Gasteiger partial charge in [0.1, 0.15) is 0 Å². The lowest BCUT2D eigenvalue weighted by Crippen LogP contribution is -1.91. The SMILES string of the molecule is Cc1cc(N)cnc1-c1sccc1Br. The minimum atomic E-state index is 0.707. The summed E-state index contributed by atoms with van der Waals surface area (Å²) in [5.74, 6) is 0. The summed E-state index contributed by atoms with van der Waals surface area (Å²) in [5, 5.41) is 2.04. The molecule has 4 heteroatoms. The zero-order chi connectivity index (χ0) is 10.1. The standard InChI is InChI=1S/C10H9BrN2S/c1-6-4-7(12)5-13-9(6)10-8(11)2-3-14-10/h2-5H,12H2,1H3. The lowest BCUT2D eigenvalue weighted by molar-refractivity contribution is 1.28. The number of aromatic nitrogens is 1. The van der Waals surface area contributed by atoms with Crippen molar-refractivity contribution in [1.82, 2.24) is 4.98 Å². The largest absolute Gasteiger partial charge is 0.397 e. The van der Waals surface area contributed by atoms with E-state index in [0.717, 1.165) is 20.6 Å². The highest BCUT2D eigenvalue weighted by Crippen LogP contribution is 2.34. The van der Waals surface area contributed by atoms with E-state index in [1.165, 1.54) is 0 Å². The number of rotatable bonds is 1. The van der Waals surface area contributed by atoms with Crippen molar-refractivity contribution >= 4 is 33.0 Å². The normalized spacial score (nSPS) is 10.4. The van der Waals surface area contributed by atoms with Gasteiger partial charge in [-0.05, 0) is 45.9 Å². The summed E-state index contributed by atoms with van der Waals surface area (Å²) < 4.78 is 1.09. The molecule has 14 heavy (non-hydrogen) atoms. The molecule has 2 aromatic rings. The average Bonchev–Trinajstić information content (AvgIpc) is 2.52. The zero-order valence-electron chi connectivity index (χ0n) is 7.62. The first-order valence-electron chi connectivity index (χ1n) is 4.14. The van der Waals surface area contributed by atoms with Crippen LogP contribution in [0.25, 0.3) is 10.6 Å². The van der Waals surface area contributed by atoms with Gasteiger partial charge in [0.2, 0.25) is 0 Å². The summed E-state index contributed by atoms with van der Waals surface area (Å²) in [7, 11) is 0. The molecule has 0 amide bonds. The van der Waals surface area contributed by atoms with Crippen molar-refractivity contribution in [3.05, 3.63) is 33.7 Å². The molecule has 0 radical (unpaired) electrons. The Labute approximate surface area is 94.9 Å². The lowest BCUT2D eigenvalue weighted by atomic mass is 10.2. The van der Waals surface area contributed by atoms with E-state index in [0.29, 0.717) is 5.69 Å². The van der Waals surface area contributed by atoms with Crippen LogP contribution in [-0.4, -0.2) is 4.98 Å². The first kappa shape index (κ1) is 9.68. The maximum absolute atomic E-state index is 5.65. The van der Waals surface area contributed by atoms with Crippen molar-refractivity contribution in [2.24, 2.45) is 0 Å². The van der Waals surface area contributed by atoms with Crippen molar-refractivity contribution in [1.29, 1.82) is 0 Å². The van der Waals surface area contributed by atoms with Crippen LogP contribution in [0.2, 0.25) is 0 Å². The van der Waals surface area contributed by atoms with Crippen molar-refractivity contribution in [3.8, 4) is 10.6 Å². The molecule has 0 saturated carbocycles. The zero-order valence-corrected chi connectivity index (χ0v) is 10.0. The van der Waals surface area contributed by atoms with Gasteiger partial charge in [-0.25, -0.2) is 0 Å². The Morgan fingerprint density at radius 2 is 2.29 bits per heavy atom. The molecule has 72 valence electrons. The van der Waals surface area contributed by atoms with Gasteiger partial charge in [0.05, 0.1) is 22.5 Å². The minimum absolute atomic E-state index is 0.707. The second-order valence-electron chi connectivity index (χ2n) is 3.03. The Bertz CT molecular complexity index is 465. The number of nitrogen functional groups attached to an aromatic ring is 1. The van der Waals surface area contributed by atoms with Crippen LogP contribution >= 0.6 is 27.3 Å². The molecule has 0 fully saturated rings. The summed E-state index contributed by atoms with van der Waals surface area (Å²) >= 11 is 5.17. The van der Waals surface area contributed by atoms with E-state index < -0.39 is 0 Å². The molecule has 0 aliphatic heterocycles. The third-order valence-corrected chi connectivity index (χ3v) is 3.78. The molecule has 0 unspecified atom stereocenters. The number of hydrogen-bond donors (Lipinski definition) is 1. The van der Waals surface area contributed by atoms with Crippen LogP contribution in [0, 0.1) is 6.92 Å². The average molecular weight is 269 g/mol. The topological polar surface area (TPSA) is 38.9 Å². The lowest BCUT2D eigenvalue weighted by Gasteiger charge is -2.03. The van der Waals surface area contributed by atoms with Crippen LogP contribution in [0.15, 0.2) is 28.2 Å². The molecule has 2 N–H and O–H groups in total.